The van der Waals surface area contributed by atoms with Gasteiger partial charge in [0.25, 0.3) is 11.8 Å². The van der Waals surface area contributed by atoms with Crippen LogP contribution in [-0.2, 0) is 20.9 Å². The fraction of sp³-hybridized carbons (Fsp3) is 0.625. The van der Waals surface area contributed by atoms with E-state index in [9.17, 15) is 14.4 Å². The number of urea groups is 1. The molecule has 4 aliphatic heterocycles. The lowest BCUT2D eigenvalue weighted by Gasteiger charge is -2.39. The van der Waals surface area contributed by atoms with Gasteiger partial charge in [-0.15, -0.1) is 0 Å². The highest BCUT2D eigenvalue weighted by atomic mass is 16.5. The van der Waals surface area contributed by atoms with Gasteiger partial charge in [0, 0.05) is 39.3 Å². The Hall–Kier alpha value is -2.45. The molecule has 0 radical (unpaired) electrons. The van der Waals surface area contributed by atoms with Gasteiger partial charge in [0.2, 0.25) is 0 Å². The first-order chi connectivity index (χ1) is 15.6. The van der Waals surface area contributed by atoms with Gasteiger partial charge in [-0.3, -0.25) is 19.4 Å². The third-order valence-corrected chi connectivity index (χ3v) is 7.43. The molecule has 0 aliphatic carbocycles. The zero-order valence-electron chi connectivity index (χ0n) is 18.5. The van der Waals surface area contributed by atoms with E-state index in [1.54, 1.807) is 4.90 Å². The van der Waals surface area contributed by atoms with Crippen molar-refractivity contribution in [2.24, 2.45) is 0 Å². The van der Waals surface area contributed by atoms with Gasteiger partial charge in [0.1, 0.15) is 11.6 Å². The number of carbonyl (C=O) groups is 3. The minimum atomic E-state index is -0.800. The number of ether oxygens (including phenoxy) is 1. The van der Waals surface area contributed by atoms with Crippen LogP contribution < -0.4 is 5.32 Å². The van der Waals surface area contributed by atoms with E-state index in [1.807, 2.05) is 18.2 Å². The number of benzene rings is 1. The molecule has 2 atom stereocenters. The fourth-order valence-corrected chi connectivity index (χ4v) is 5.59. The van der Waals surface area contributed by atoms with Crippen LogP contribution in [0.5, 0.6) is 0 Å². The maximum Gasteiger partial charge on any atom is 0.325 e. The van der Waals surface area contributed by atoms with E-state index in [2.05, 4.69) is 22.3 Å². The number of amides is 4. The summed E-state index contributed by atoms with van der Waals surface area (Å²) in [6, 6.07) is 9.75. The molecular formula is C24H32N4O4. The van der Waals surface area contributed by atoms with Crippen LogP contribution in [0.25, 0.3) is 0 Å². The fourth-order valence-electron chi connectivity index (χ4n) is 5.59. The largest absolute Gasteiger partial charge is 0.368 e. The van der Waals surface area contributed by atoms with E-state index in [0.29, 0.717) is 32.5 Å². The summed E-state index contributed by atoms with van der Waals surface area (Å²) in [5.41, 5.74) is 0.454. The maximum absolute atomic E-state index is 13.5. The van der Waals surface area contributed by atoms with Crippen molar-refractivity contribution in [2.45, 2.75) is 62.8 Å². The summed E-state index contributed by atoms with van der Waals surface area (Å²) in [6.07, 6.45) is 4.06. The van der Waals surface area contributed by atoms with Crippen LogP contribution in [0.3, 0.4) is 0 Å². The van der Waals surface area contributed by atoms with E-state index in [0.717, 1.165) is 45.3 Å². The van der Waals surface area contributed by atoms with E-state index in [4.69, 9.17) is 4.74 Å². The topological polar surface area (TPSA) is 82.2 Å². The second-order valence-corrected chi connectivity index (χ2v) is 9.53. The first-order valence-electron chi connectivity index (χ1n) is 11.9. The molecule has 5 rings (SSSR count). The number of nitrogens with zero attached hydrogens (tertiary/aromatic N) is 3. The highest BCUT2D eigenvalue weighted by Gasteiger charge is 2.54. The van der Waals surface area contributed by atoms with E-state index in [-0.39, 0.29) is 30.0 Å². The van der Waals surface area contributed by atoms with Crippen LogP contribution in [0.4, 0.5) is 4.79 Å². The Morgan fingerprint density at radius 1 is 1.06 bits per heavy atom. The molecule has 4 aliphatic rings. The molecule has 172 valence electrons. The third-order valence-electron chi connectivity index (χ3n) is 7.43. The molecule has 1 spiro atoms. The molecule has 1 aromatic carbocycles. The van der Waals surface area contributed by atoms with Crippen molar-refractivity contribution in [3.63, 3.8) is 0 Å². The summed E-state index contributed by atoms with van der Waals surface area (Å²) in [4.78, 5) is 44.7. The number of imide groups is 1. The highest BCUT2D eigenvalue weighted by Crippen LogP contribution is 2.33. The number of likely N-dealkylation sites (tertiary alicyclic amines) is 2. The molecule has 8 heteroatoms. The summed E-state index contributed by atoms with van der Waals surface area (Å²) in [5, 5.41) is 3.03. The number of hydrogen-bond donors (Lipinski definition) is 1. The van der Waals surface area contributed by atoms with Crippen molar-refractivity contribution < 1.29 is 19.1 Å². The van der Waals surface area contributed by atoms with Crippen molar-refractivity contribution in [3.05, 3.63) is 35.9 Å². The summed E-state index contributed by atoms with van der Waals surface area (Å²) in [6.45, 7) is 4.09. The second-order valence-electron chi connectivity index (χ2n) is 9.53. The Balaban J connectivity index is 1.21. The van der Waals surface area contributed by atoms with Crippen LogP contribution in [0, 0.1) is 0 Å². The molecule has 0 bridgehead atoms. The Morgan fingerprint density at radius 3 is 2.56 bits per heavy atom. The monoisotopic (exact) mass is 440 g/mol. The summed E-state index contributed by atoms with van der Waals surface area (Å²) in [5.74, 6) is -0.110. The molecule has 1 aromatic rings. The number of nitrogens with one attached hydrogen (secondary N) is 1. The average Bonchev–Trinajstić information content (AvgIpc) is 3.43. The summed E-state index contributed by atoms with van der Waals surface area (Å²) in [7, 11) is 0. The van der Waals surface area contributed by atoms with Gasteiger partial charge in [-0.05, 0) is 44.1 Å². The zero-order chi connectivity index (χ0) is 22.1. The van der Waals surface area contributed by atoms with Crippen molar-refractivity contribution >= 4 is 17.8 Å². The minimum absolute atomic E-state index is 0.00295. The molecular weight excluding hydrogens is 408 g/mol. The molecule has 4 saturated heterocycles. The Bertz CT molecular complexity index is 862. The molecule has 4 heterocycles. The number of hydrogen-bond acceptors (Lipinski definition) is 5. The van der Waals surface area contributed by atoms with E-state index in [1.165, 1.54) is 10.5 Å². The molecule has 4 amide bonds. The molecule has 4 fully saturated rings. The second kappa shape index (κ2) is 8.83. The molecule has 32 heavy (non-hydrogen) atoms. The van der Waals surface area contributed by atoms with Crippen molar-refractivity contribution in [2.75, 3.05) is 32.8 Å². The lowest BCUT2D eigenvalue weighted by Crippen LogP contribution is -2.56. The van der Waals surface area contributed by atoms with Crippen LogP contribution in [0.15, 0.2) is 30.3 Å². The quantitative estimate of drug-likeness (QED) is 0.722. The highest BCUT2D eigenvalue weighted by molar-refractivity contribution is 6.07. The molecule has 2 unspecified atom stereocenters. The lowest BCUT2D eigenvalue weighted by molar-refractivity contribution is -0.145. The standard InChI is InChI=1S/C24H32N4O4/c29-21(20-9-5-15-32-20)27-12-4-8-19(17-27)28-22(30)24(25-23(28)31)10-13-26(14-11-24)16-18-6-2-1-3-7-18/h1-3,6-7,19-20H,4-5,8-17H2,(H,25,31). The Morgan fingerprint density at radius 2 is 1.84 bits per heavy atom. The normalized spacial score (nSPS) is 28.4. The molecule has 1 N–H and O–H groups in total. The predicted molar refractivity (Wildman–Crippen MR) is 118 cm³/mol. The predicted octanol–water partition coefficient (Wildman–Crippen LogP) is 1.74. The van der Waals surface area contributed by atoms with Gasteiger partial charge in [-0.1, -0.05) is 30.3 Å². The molecule has 0 aromatic heterocycles. The van der Waals surface area contributed by atoms with Gasteiger partial charge >= 0.3 is 6.03 Å². The van der Waals surface area contributed by atoms with Crippen molar-refractivity contribution in [1.29, 1.82) is 0 Å². The third kappa shape index (κ3) is 4.01. The molecule has 0 saturated carbocycles. The van der Waals surface area contributed by atoms with Gasteiger partial charge in [0.05, 0.1) is 6.04 Å². The number of carbonyl (C=O) groups excluding carboxylic acids is 3. The molecule has 8 nitrogen and oxygen atoms in total. The van der Waals surface area contributed by atoms with E-state index < -0.39 is 5.54 Å². The first-order valence-corrected chi connectivity index (χ1v) is 11.9. The summed E-state index contributed by atoms with van der Waals surface area (Å²) >= 11 is 0. The maximum atomic E-state index is 13.5. The number of piperidine rings is 2. The van der Waals surface area contributed by atoms with Crippen LogP contribution in [0.1, 0.15) is 44.1 Å². The van der Waals surface area contributed by atoms with Crippen LogP contribution in [-0.4, -0.2) is 83.0 Å². The van der Waals surface area contributed by atoms with Crippen LogP contribution in [0.2, 0.25) is 0 Å². The number of rotatable bonds is 4. The van der Waals surface area contributed by atoms with Crippen molar-refractivity contribution in [3.8, 4) is 0 Å². The Kier molecular flexibility index (Phi) is 5.90. The van der Waals surface area contributed by atoms with Gasteiger partial charge in [-0.2, -0.15) is 0 Å². The minimum Gasteiger partial charge on any atom is -0.368 e. The van der Waals surface area contributed by atoms with Crippen LogP contribution >= 0.6 is 0 Å². The lowest BCUT2D eigenvalue weighted by atomic mass is 9.87. The van der Waals surface area contributed by atoms with Gasteiger partial charge in [0.15, 0.2) is 0 Å². The van der Waals surface area contributed by atoms with E-state index >= 15 is 0 Å². The zero-order valence-corrected chi connectivity index (χ0v) is 18.5. The summed E-state index contributed by atoms with van der Waals surface area (Å²) < 4.78 is 5.56. The smallest absolute Gasteiger partial charge is 0.325 e. The van der Waals surface area contributed by atoms with Crippen molar-refractivity contribution in [1.82, 2.24) is 20.0 Å². The SMILES string of the molecule is O=C(C1CCCO1)N1CCCC(N2C(=O)NC3(CCN(Cc4ccccc4)CC3)C2=O)C1. The Labute approximate surface area is 188 Å². The average molecular weight is 441 g/mol. The van der Waals surface area contributed by atoms with Gasteiger partial charge in [-0.25, -0.2) is 4.79 Å². The van der Waals surface area contributed by atoms with Gasteiger partial charge < -0.3 is 15.0 Å². The first kappa shape index (κ1) is 21.4.